The zero-order valence-corrected chi connectivity index (χ0v) is 16.7. The van der Waals surface area contributed by atoms with Crippen LogP contribution in [0.1, 0.15) is 19.5 Å². The van der Waals surface area contributed by atoms with Crippen molar-refractivity contribution in [2.45, 2.75) is 19.6 Å². The van der Waals surface area contributed by atoms with Gasteiger partial charge < -0.3 is 9.05 Å². The van der Waals surface area contributed by atoms with Gasteiger partial charge in [-0.25, -0.2) is 9.50 Å². The van der Waals surface area contributed by atoms with Gasteiger partial charge in [0.25, 0.3) is 0 Å². The highest BCUT2D eigenvalue weighted by Crippen LogP contribution is 2.51. The van der Waals surface area contributed by atoms with E-state index in [1.807, 2.05) is 41.9 Å². The van der Waals surface area contributed by atoms with Crippen molar-refractivity contribution in [2.75, 3.05) is 18.7 Å². The average molecular weight is 397 g/mol. The summed E-state index contributed by atoms with van der Waals surface area (Å²) in [5.41, 5.74) is 3.05. The number of rotatable bonds is 9. The van der Waals surface area contributed by atoms with Gasteiger partial charge in [0, 0.05) is 11.8 Å². The molecule has 3 aromatic heterocycles. The number of aromatic nitrogens is 3. The van der Waals surface area contributed by atoms with E-state index in [1.165, 1.54) is 11.8 Å². The molecule has 0 fully saturated rings. The van der Waals surface area contributed by atoms with Gasteiger partial charge in [0.1, 0.15) is 0 Å². The van der Waals surface area contributed by atoms with Gasteiger partial charge in [-0.05, 0) is 31.4 Å². The minimum Gasteiger partial charge on any atom is -0.308 e. The average Bonchev–Trinajstić information content (AvgIpc) is 3.26. The van der Waals surface area contributed by atoms with E-state index in [4.69, 9.17) is 9.05 Å². The Morgan fingerprint density at radius 2 is 2.08 bits per heavy atom. The number of hydrogen-bond acceptors (Lipinski definition) is 7. The second-order valence-electron chi connectivity index (χ2n) is 5.14. The molecule has 134 valence electrons. The van der Waals surface area contributed by atoms with Crippen LogP contribution in [0.2, 0.25) is 0 Å². The van der Waals surface area contributed by atoms with Crippen molar-refractivity contribution in [1.29, 1.82) is 0 Å². The quantitative estimate of drug-likeness (QED) is 0.478. The fraction of sp³-hybridized carbons (Fsp3) is 0.375. The van der Waals surface area contributed by atoms with Gasteiger partial charge in [0.15, 0.2) is 5.65 Å². The topological polar surface area (TPSA) is 65.7 Å². The molecule has 0 aliphatic heterocycles. The molecule has 0 bridgehead atoms. The fourth-order valence-electron chi connectivity index (χ4n) is 2.40. The zero-order valence-electron chi connectivity index (χ0n) is 14.1. The summed E-state index contributed by atoms with van der Waals surface area (Å²) in [5, 5.41) is 6.38. The molecule has 0 amide bonds. The third-order valence-electron chi connectivity index (χ3n) is 3.36. The van der Waals surface area contributed by atoms with Crippen LogP contribution >= 0.6 is 30.7 Å². The van der Waals surface area contributed by atoms with Crippen molar-refractivity contribution >= 4 is 36.3 Å². The molecular weight excluding hydrogens is 377 g/mol. The Labute approximate surface area is 155 Å². The summed E-state index contributed by atoms with van der Waals surface area (Å²) >= 11 is 3.17. The summed E-state index contributed by atoms with van der Waals surface area (Å²) < 4.78 is 25.1. The van der Waals surface area contributed by atoms with Gasteiger partial charge in [0.2, 0.25) is 0 Å². The van der Waals surface area contributed by atoms with Crippen LogP contribution in [0, 0.1) is 0 Å². The third-order valence-corrected chi connectivity index (χ3v) is 8.05. The van der Waals surface area contributed by atoms with Crippen molar-refractivity contribution in [1.82, 2.24) is 14.6 Å². The Morgan fingerprint density at radius 1 is 1.28 bits per heavy atom. The summed E-state index contributed by atoms with van der Waals surface area (Å²) in [5.74, 6) is 0.642. The first-order valence-electron chi connectivity index (χ1n) is 7.98. The summed E-state index contributed by atoms with van der Waals surface area (Å²) in [4.78, 5) is 5.77. The lowest BCUT2D eigenvalue weighted by molar-refractivity contribution is 0.224. The largest absolute Gasteiger partial charge is 0.340 e. The minimum absolute atomic E-state index is 0.314. The van der Waals surface area contributed by atoms with Crippen LogP contribution in [-0.2, 0) is 19.4 Å². The van der Waals surface area contributed by atoms with Gasteiger partial charge in [-0.3, -0.25) is 4.57 Å². The first-order valence-corrected chi connectivity index (χ1v) is 11.7. The molecule has 0 saturated carbocycles. The molecule has 0 aromatic carbocycles. The van der Waals surface area contributed by atoms with Crippen LogP contribution in [-0.4, -0.2) is 33.3 Å². The van der Waals surface area contributed by atoms with E-state index in [2.05, 4.69) is 16.1 Å². The molecule has 0 unspecified atom stereocenters. The number of thiophene rings is 1. The van der Waals surface area contributed by atoms with Crippen LogP contribution in [0.25, 0.3) is 16.2 Å². The molecule has 25 heavy (non-hydrogen) atoms. The molecule has 3 rings (SSSR count). The number of thioether (sulfide) groups is 1. The Hall–Kier alpha value is -1.18. The van der Waals surface area contributed by atoms with Crippen LogP contribution < -0.4 is 0 Å². The van der Waals surface area contributed by atoms with E-state index >= 15 is 0 Å². The second-order valence-corrected chi connectivity index (χ2v) is 9.55. The molecular formula is C16H20N3O3PS2. The van der Waals surface area contributed by atoms with Gasteiger partial charge in [-0.1, -0.05) is 6.07 Å². The molecule has 0 aliphatic carbocycles. The molecule has 0 N–H and O–H groups in total. The van der Waals surface area contributed by atoms with Gasteiger partial charge in [-0.15, -0.1) is 23.1 Å². The number of fused-ring (bicyclic) bond motifs is 1. The first kappa shape index (κ1) is 18.6. The van der Waals surface area contributed by atoms with E-state index in [0.29, 0.717) is 24.5 Å². The van der Waals surface area contributed by atoms with Crippen molar-refractivity contribution in [3.05, 3.63) is 41.5 Å². The highest BCUT2D eigenvalue weighted by molar-refractivity contribution is 8.03. The van der Waals surface area contributed by atoms with Gasteiger partial charge in [0.05, 0.1) is 41.2 Å². The van der Waals surface area contributed by atoms with Crippen molar-refractivity contribution in [3.63, 3.8) is 0 Å². The van der Waals surface area contributed by atoms with E-state index in [9.17, 15) is 4.57 Å². The smallest absolute Gasteiger partial charge is 0.308 e. The molecule has 0 saturated heterocycles. The van der Waals surface area contributed by atoms with E-state index in [1.54, 1.807) is 17.5 Å². The normalized spacial score (nSPS) is 12.1. The summed E-state index contributed by atoms with van der Waals surface area (Å²) in [6.07, 6.45) is 1.74. The Bertz CT molecular complexity index is 857. The third kappa shape index (κ3) is 4.51. The fourth-order valence-corrected chi connectivity index (χ4v) is 6.22. The predicted octanol–water partition coefficient (Wildman–Crippen LogP) is 4.91. The van der Waals surface area contributed by atoms with Gasteiger partial charge >= 0.3 is 7.60 Å². The van der Waals surface area contributed by atoms with Crippen LogP contribution in [0.3, 0.4) is 0 Å². The molecule has 6 nitrogen and oxygen atoms in total. The number of nitrogens with zero attached hydrogens (tertiary/aromatic N) is 3. The minimum atomic E-state index is -3.04. The van der Waals surface area contributed by atoms with E-state index in [-0.39, 0.29) is 0 Å². The Balaban J connectivity index is 1.79. The molecule has 0 atom stereocenters. The Morgan fingerprint density at radius 3 is 2.76 bits per heavy atom. The lowest BCUT2D eigenvalue weighted by Gasteiger charge is -2.16. The van der Waals surface area contributed by atoms with E-state index < -0.39 is 7.60 Å². The molecule has 0 radical (unpaired) electrons. The first-order chi connectivity index (χ1) is 12.1. The van der Waals surface area contributed by atoms with Crippen molar-refractivity contribution < 1.29 is 13.6 Å². The maximum Gasteiger partial charge on any atom is 0.340 e. The highest BCUT2D eigenvalue weighted by Gasteiger charge is 2.23. The summed E-state index contributed by atoms with van der Waals surface area (Å²) in [7, 11) is -3.04. The van der Waals surface area contributed by atoms with Crippen molar-refractivity contribution in [2.24, 2.45) is 0 Å². The lowest BCUT2D eigenvalue weighted by Crippen LogP contribution is -2.02. The molecule has 0 spiro atoms. The van der Waals surface area contributed by atoms with Crippen molar-refractivity contribution in [3.8, 4) is 10.6 Å². The highest BCUT2D eigenvalue weighted by atomic mass is 32.2. The SMILES string of the molecule is CCOP(=O)(CSCc1cc(-c2cccs2)nc2ccnn12)OCC. The summed E-state index contributed by atoms with van der Waals surface area (Å²) in [6, 6.07) is 7.98. The molecule has 3 heterocycles. The van der Waals surface area contributed by atoms with Gasteiger partial charge in [-0.2, -0.15) is 5.10 Å². The molecule has 9 heteroatoms. The summed E-state index contributed by atoms with van der Waals surface area (Å²) in [6.45, 7) is 4.39. The van der Waals surface area contributed by atoms with Crippen LogP contribution in [0.5, 0.6) is 0 Å². The zero-order chi connectivity index (χ0) is 17.7. The molecule has 3 aromatic rings. The predicted molar refractivity (Wildman–Crippen MR) is 103 cm³/mol. The Kier molecular flexibility index (Phi) is 6.30. The maximum atomic E-state index is 12.6. The van der Waals surface area contributed by atoms with E-state index in [0.717, 1.165) is 21.9 Å². The lowest BCUT2D eigenvalue weighted by atomic mass is 10.3. The number of hydrogen-bond donors (Lipinski definition) is 0. The van der Waals surface area contributed by atoms with Crippen LogP contribution in [0.4, 0.5) is 0 Å². The monoisotopic (exact) mass is 397 g/mol. The molecule has 0 aliphatic rings. The second kappa shape index (κ2) is 8.47. The van der Waals surface area contributed by atoms with Crippen LogP contribution in [0.15, 0.2) is 35.8 Å². The maximum absolute atomic E-state index is 12.6. The standard InChI is InChI=1S/C16H20N3O3PS2/c1-3-21-23(20,22-4-2)12-24-11-13-10-14(15-6-5-9-25-15)18-16-7-8-17-19(13)16/h5-10H,3-4,11-12H2,1-2H3.